The van der Waals surface area contributed by atoms with E-state index in [-0.39, 0.29) is 0 Å². The Balaban J connectivity index is 1.81. The number of likely N-dealkylation sites (N-methyl/N-ethyl adjacent to an activating group) is 1. The van der Waals surface area contributed by atoms with Gasteiger partial charge in [0.2, 0.25) is 5.91 Å². The lowest BCUT2D eigenvalue weighted by Crippen LogP contribution is -2.49. The fourth-order valence-electron chi connectivity index (χ4n) is 2.89. The number of hydrogen-bond acceptors (Lipinski definition) is 3. The molecule has 0 aliphatic carbocycles. The minimum atomic E-state index is 0.295. The molecule has 1 aromatic rings. The van der Waals surface area contributed by atoms with E-state index in [2.05, 4.69) is 42.3 Å². The maximum absolute atomic E-state index is 12.0. The molecule has 0 aromatic heterocycles. The zero-order chi connectivity index (χ0) is 15.1. The Morgan fingerprint density at radius 2 is 2.14 bits per heavy atom. The Bertz CT molecular complexity index is 438. The average Bonchev–Trinajstić information content (AvgIpc) is 2.54. The van der Waals surface area contributed by atoms with E-state index in [1.54, 1.807) is 11.8 Å². The zero-order valence-electron chi connectivity index (χ0n) is 13.1. The van der Waals surface area contributed by atoms with Crippen LogP contribution in [-0.2, 0) is 11.2 Å². The number of benzene rings is 1. The first-order chi connectivity index (χ1) is 10.2. The van der Waals surface area contributed by atoms with E-state index in [9.17, 15) is 4.79 Å². The Kier molecular flexibility index (Phi) is 6.58. The summed E-state index contributed by atoms with van der Waals surface area (Å²) < 4.78 is 0. The molecule has 116 valence electrons. The molecule has 1 saturated heterocycles. The first-order valence-corrected chi connectivity index (χ1v) is 9.11. The summed E-state index contributed by atoms with van der Waals surface area (Å²) in [5.74, 6) is 0.907. The van der Waals surface area contributed by atoms with Crippen molar-refractivity contribution in [2.24, 2.45) is 0 Å². The molecule has 0 bridgehead atoms. The van der Waals surface area contributed by atoms with Crippen LogP contribution in [0.3, 0.4) is 0 Å². The van der Waals surface area contributed by atoms with Gasteiger partial charge in [-0.15, -0.1) is 0 Å². The molecule has 0 radical (unpaired) electrons. The topological polar surface area (TPSA) is 23.6 Å². The highest BCUT2D eigenvalue weighted by molar-refractivity contribution is 7.99. The summed E-state index contributed by atoms with van der Waals surface area (Å²) >= 11 is 1.62. The summed E-state index contributed by atoms with van der Waals surface area (Å²) in [6.45, 7) is 2.88. The number of rotatable bonds is 6. The first-order valence-electron chi connectivity index (χ1n) is 7.71. The van der Waals surface area contributed by atoms with Crippen LogP contribution in [0.25, 0.3) is 0 Å². The molecule has 1 atom stereocenters. The molecule has 3 nitrogen and oxygen atoms in total. The third-order valence-corrected chi connectivity index (χ3v) is 4.77. The van der Waals surface area contributed by atoms with E-state index < -0.39 is 0 Å². The van der Waals surface area contributed by atoms with Crippen molar-refractivity contribution < 1.29 is 4.79 Å². The molecular formula is C17H26N2OS. The van der Waals surface area contributed by atoms with Crippen molar-refractivity contribution in [1.29, 1.82) is 0 Å². The van der Waals surface area contributed by atoms with Crippen LogP contribution >= 0.6 is 11.8 Å². The van der Waals surface area contributed by atoms with E-state index in [1.165, 1.54) is 12.0 Å². The number of hydrogen-bond donors (Lipinski definition) is 0. The molecule has 1 unspecified atom stereocenters. The van der Waals surface area contributed by atoms with Gasteiger partial charge in [0.15, 0.2) is 0 Å². The van der Waals surface area contributed by atoms with Gasteiger partial charge in [-0.3, -0.25) is 4.79 Å². The fraction of sp³-hybridized carbons (Fsp3) is 0.588. The van der Waals surface area contributed by atoms with Gasteiger partial charge in [0, 0.05) is 25.7 Å². The molecule has 0 spiro atoms. The van der Waals surface area contributed by atoms with Crippen LogP contribution in [0.5, 0.6) is 0 Å². The van der Waals surface area contributed by atoms with Crippen molar-refractivity contribution in [2.45, 2.75) is 25.3 Å². The zero-order valence-corrected chi connectivity index (χ0v) is 13.9. The van der Waals surface area contributed by atoms with Crippen molar-refractivity contribution >= 4 is 17.7 Å². The number of thioether (sulfide) groups is 1. The van der Waals surface area contributed by atoms with E-state index >= 15 is 0 Å². The molecule has 1 aliphatic rings. The second-order valence-electron chi connectivity index (χ2n) is 5.79. The van der Waals surface area contributed by atoms with Gasteiger partial charge in [-0.25, -0.2) is 0 Å². The quantitative estimate of drug-likeness (QED) is 0.807. The highest BCUT2D eigenvalue weighted by Gasteiger charge is 2.25. The normalized spacial score (nSPS) is 19.0. The van der Waals surface area contributed by atoms with Crippen LogP contribution in [0.15, 0.2) is 30.3 Å². The monoisotopic (exact) mass is 306 g/mol. The van der Waals surface area contributed by atoms with Gasteiger partial charge in [-0.1, -0.05) is 30.3 Å². The smallest absolute Gasteiger partial charge is 0.232 e. The molecule has 1 aliphatic heterocycles. The molecule has 21 heavy (non-hydrogen) atoms. The number of amides is 1. The lowest BCUT2D eigenvalue weighted by Gasteiger charge is -2.37. The molecule has 1 fully saturated rings. The summed E-state index contributed by atoms with van der Waals surface area (Å²) in [4.78, 5) is 16.5. The van der Waals surface area contributed by atoms with Crippen LogP contribution in [0.4, 0.5) is 0 Å². The Labute approximate surface area is 132 Å². The highest BCUT2D eigenvalue weighted by atomic mass is 32.2. The lowest BCUT2D eigenvalue weighted by atomic mass is 10.0. The molecule has 0 saturated carbocycles. The SMILES string of the molecule is CSCC(=O)N1CCCC(N(C)CCc2ccccc2)C1. The largest absolute Gasteiger partial charge is 0.340 e. The third-order valence-electron chi connectivity index (χ3n) is 4.24. The van der Waals surface area contributed by atoms with Gasteiger partial charge in [-0.05, 0) is 38.1 Å². The van der Waals surface area contributed by atoms with Crippen LogP contribution in [0.2, 0.25) is 0 Å². The van der Waals surface area contributed by atoms with E-state index in [4.69, 9.17) is 0 Å². The second kappa shape index (κ2) is 8.44. The number of piperidine rings is 1. The predicted molar refractivity (Wildman–Crippen MR) is 90.8 cm³/mol. The van der Waals surface area contributed by atoms with Gasteiger partial charge in [-0.2, -0.15) is 11.8 Å². The van der Waals surface area contributed by atoms with Crippen molar-refractivity contribution in [3.05, 3.63) is 35.9 Å². The Morgan fingerprint density at radius 3 is 2.86 bits per heavy atom. The number of carbonyl (C=O) groups is 1. The lowest BCUT2D eigenvalue weighted by molar-refractivity contribution is -0.130. The molecule has 1 amide bonds. The van der Waals surface area contributed by atoms with Crippen LogP contribution < -0.4 is 0 Å². The van der Waals surface area contributed by atoms with Crippen LogP contribution in [0, 0.1) is 0 Å². The molecule has 0 N–H and O–H groups in total. The van der Waals surface area contributed by atoms with Gasteiger partial charge in [0.05, 0.1) is 5.75 Å². The van der Waals surface area contributed by atoms with Crippen molar-refractivity contribution in [3.8, 4) is 0 Å². The van der Waals surface area contributed by atoms with E-state index in [1.807, 2.05) is 11.2 Å². The van der Waals surface area contributed by atoms with Gasteiger partial charge < -0.3 is 9.80 Å². The van der Waals surface area contributed by atoms with Crippen molar-refractivity contribution in [2.75, 3.05) is 38.7 Å². The molecular weight excluding hydrogens is 280 g/mol. The van der Waals surface area contributed by atoms with Crippen molar-refractivity contribution in [3.63, 3.8) is 0 Å². The van der Waals surface area contributed by atoms with Crippen LogP contribution in [0.1, 0.15) is 18.4 Å². The molecule has 4 heteroatoms. The molecule has 2 rings (SSSR count). The number of nitrogens with zero attached hydrogens (tertiary/aromatic N) is 2. The fourth-order valence-corrected chi connectivity index (χ4v) is 3.32. The standard InChI is InChI=1S/C17H26N2OS/c1-18(12-10-15-7-4-3-5-8-15)16-9-6-11-19(13-16)17(20)14-21-2/h3-5,7-8,16H,6,9-14H2,1-2H3. The summed E-state index contributed by atoms with van der Waals surface area (Å²) in [7, 11) is 2.19. The minimum absolute atomic E-state index is 0.295. The summed E-state index contributed by atoms with van der Waals surface area (Å²) in [6, 6.07) is 11.1. The number of likely N-dealkylation sites (tertiary alicyclic amines) is 1. The summed E-state index contributed by atoms with van der Waals surface area (Å²) in [5.41, 5.74) is 1.38. The van der Waals surface area contributed by atoms with Crippen LogP contribution in [-0.4, -0.2) is 60.4 Å². The molecule has 1 heterocycles. The average molecular weight is 306 g/mol. The third kappa shape index (κ3) is 5.04. The number of carbonyl (C=O) groups excluding carboxylic acids is 1. The van der Waals surface area contributed by atoms with E-state index in [0.29, 0.717) is 17.7 Å². The summed E-state index contributed by atoms with van der Waals surface area (Å²) in [6.07, 6.45) is 5.40. The maximum atomic E-state index is 12.0. The van der Waals surface area contributed by atoms with Gasteiger partial charge in [0.25, 0.3) is 0 Å². The summed E-state index contributed by atoms with van der Waals surface area (Å²) in [5, 5.41) is 0. The highest BCUT2D eigenvalue weighted by Crippen LogP contribution is 2.16. The van der Waals surface area contributed by atoms with Gasteiger partial charge >= 0.3 is 0 Å². The van der Waals surface area contributed by atoms with Crippen molar-refractivity contribution in [1.82, 2.24) is 9.80 Å². The van der Waals surface area contributed by atoms with E-state index in [0.717, 1.165) is 32.5 Å². The Morgan fingerprint density at radius 1 is 1.38 bits per heavy atom. The molecule has 1 aromatic carbocycles. The second-order valence-corrected chi connectivity index (χ2v) is 6.65. The minimum Gasteiger partial charge on any atom is -0.340 e. The predicted octanol–water partition coefficient (Wildman–Crippen LogP) is 2.51. The first kappa shape index (κ1) is 16.4. The maximum Gasteiger partial charge on any atom is 0.232 e. The Hall–Kier alpha value is -1.00. The van der Waals surface area contributed by atoms with Gasteiger partial charge in [0.1, 0.15) is 0 Å².